The van der Waals surface area contributed by atoms with Crippen molar-refractivity contribution in [1.29, 1.82) is 0 Å². The second-order valence-electron chi connectivity index (χ2n) is 4.99. The van der Waals surface area contributed by atoms with Crippen LogP contribution in [0.3, 0.4) is 0 Å². The molecule has 0 radical (unpaired) electrons. The van der Waals surface area contributed by atoms with Gasteiger partial charge in [-0.3, -0.25) is 4.79 Å². The lowest BCUT2D eigenvalue weighted by molar-refractivity contribution is 0.279. The standard InChI is InChI=1S/C16H16N2O2/c1-4-12-9(2)10(3)17-15-13(12)7-18-14(15)6-5-11(8-19)16(18)20/h5-6,19H,2-4,7-8H2,1H3. The van der Waals surface area contributed by atoms with Gasteiger partial charge < -0.3 is 9.67 Å². The van der Waals surface area contributed by atoms with Crippen molar-refractivity contribution in [2.75, 3.05) is 0 Å². The minimum Gasteiger partial charge on any atom is -0.391 e. The molecule has 20 heavy (non-hydrogen) atoms. The fourth-order valence-corrected chi connectivity index (χ4v) is 2.84. The van der Waals surface area contributed by atoms with E-state index in [0.717, 1.165) is 34.2 Å². The largest absolute Gasteiger partial charge is 0.391 e. The van der Waals surface area contributed by atoms with Crippen LogP contribution in [0.4, 0.5) is 0 Å². The highest BCUT2D eigenvalue weighted by molar-refractivity contribution is 5.66. The second kappa shape index (κ2) is 4.42. The van der Waals surface area contributed by atoms with Crippen LogP contribution in [-0.2, 0) is 19.6 Å². The number of rotatable bonds is 2. The van der Waals surface area contributed by atoms with Crippen molar-refractivity contribution in [1.82, 2.24) is 9.55 Å². The minimum absolute atomic E-state index is 0.152. The molecule has 0 saturated heterocycles. The summed E-state index contributed by atoms with van der Waals surface area (Å²) in [6.07, 6.45) is 0.835. The Hall–Kier alpha value is -2.20. The SMILES string of the molecule is C=c1nc2c(c(CC)c1=C)Cn1c-2ccc(CO)c1=O. The van der Waals surface area contributed by atoms with Gasteiger partial charge in [-0.25, -0.2) is 4.98 Å². The predicted octanol–water partition coefficient (Wildman–Crippen LogP) is 0.147. The molecule has 3 heterocycles. The van der Waals surface area contributed by atoms with Crippen molar-refractivity contribution in [2.24, 2.45) is 0 Å². The van der Waals surface area contributed by atoms with Crippen molar-refractivity contribution in [2.45, 2.75) is 26.5 Å². The molecule has 0 atom stereocenters. The Morgan fingerprint density at radius 3 is 2.80 bits per heavy atom. The molecular formula is C16H16N2O2. The zero-order chi connectivity index (χ0) is 14.4. The molecule has 0 aliphatic carbocycles. The maximum Gasteiger partial charge on any atom is 0.256 e. The Balaban J connectivity index is 2.37. The Labute approximate surface area is 116 Å². The van der Waals surface area contributed by atoms with Gasteiger partial charge in [0.15, 0.2) is 0 Å². The van der Waals surface area contributed by atoms with Crippen molar-refractivity contribution in [3.63, 3.8) is 0 Å². The number of aromatic nitrogens is 2. The lowest BCUT2D eigenvalue weighted by Gasteiger charge is -2.05. The number of hydrogen-bond acceptors (Lipinski definition) is 3. The molecule has 3 rings (SSSR count). The van der Waals surface area contributed by atoms with Gasteiger partial charge >= 0.3 is 0 Å². The van der Waals surface area contributed by atoms with E-state index < -0.39 is 0 Å². The normalized spacial score (nSPS) is 12.3. The summed E-state index contributed by atoms with van der Waals surface area (Å²) in [4.78, 5) is 16.8. The zero-order valence-corrected chi connectivity index (χ0v) is 11.4. The summed E-state index contributed by atoms with van der Waals surface area (Å²) < 4.78 is 1.67. The Morgan fingerprint density at radius 2 is 2.15 bits per heavy atom. The van der Waals surface area contributed by atoms with Gasteiger partial charge in [-0.15, -0.1) is 0 Å². The number of fused-ring (bicyclic) bond motifs is 3. The number of aliphatic hydroxyl groups is 1. The van der Waals surface area contributed by atoms with Crippen LogP contribution in [0.5, 0.6) is 0 Å². The van der Waals surface area contributed by atoms with Crippen LogP contribution >= 0.6 is 0 Å². The van der Waals surface area contributed by atoms with Crippen LogP contribution in [0.25, 0.3) is 24.5 Å². The Bertz CT molecular complexity index is 866. The summed E-state index contributed by atoms with van der Waals surface area (Å²) in [7, 11) is 0. The highest BCUT2D eigenvalue weighted by atomic mass is 16.3. The fourth-order valence-electron chi connectivity index (χ4n) is 2.84. The molecule has 1 aliphatic rings. The van der Waals surface area contributed by atoms with E-state index in [9.17, 15) is 9.90 Å². The van der Waals surface area contributed by atoms with Crippen molar-refractivity contribution in [3.8, 4) is 11.4 Å². The minimum atomic E-state index is -0.245. The van der Waals surface area contributed by atoms with E-state index in [1.54, 1.807) is 10.6 Å². The van der Waals surface area contributed by atoms with Crippen LogP contribution in [0.2, 0.25) is 0 Å². The second-order valence-corrected chi connectivity index (χ2v) is 4.99. The monoisotopic (exact) mass is 268 g/mol. The molecule has 0 amide bonds. The number of hydrogen-bond donors (Lipinski definition) is 1. The molecule has 1 N–H and O–H groups in total. The average Bonchev–Trinajstić information content (AvgIpc) is 2.80. The summed E-state index contributed by atoms with van der Waals surface area (Å²) in [5.41, 5.74) is 4.04. The molecule has 102 valence electrons. The summed E-state index contributed by atoms with van der Waals surface area (Å²) in [5, 5.41) is 10.7. The van der Waals surface area contributed by atoms with Crippen molar-refractivity contribution in [3.05, 3.63) is 49.7 Å². The maximum atomic E-state index is 12.3. The van der Waals surface area contributed by atoms with Crippen LogP contribution in [0.1, 0.15) is 23.6 Å². The smallest absolute Gasteiger partial charge is 0.256 e. The van der Waals surface area contributed by atoms with Gasteiger partial charge in [0.05, 0.1) is 29.9 Å². The van der Waals surface area contributed by atoms with Gasteiger partial charge in [0.25, 0.3) is 5.56 Å². The Morgan fingerprint density at radius 1 is 1.40 bits per heavy atom. The molecule has 1 aliphatic heterocycles. The average molecular weight is 268 g/mol. The van der Waals surface area contributed by atoms with Gasteiger partial charge in [0.1, 0.15) is 0 Å². The Kier molecular flexibility index (Phi) is 2.83. The van der Waals surface area contributed by atoms with Crippen LogP contribution in [-0.4, -0.2) is 14.7 Å². The molecule has 2 aromatic heterocycles. The van der Waals surface area contributed by atoms with Gasteiger partial charge in [-0.1, -0.05) is 20.1 Å². The summed E-state index contributed by atoms with van der Waals surface area (Å²) in [6.45, 7) is 10.3. The van der Waals surface area contributed by atoms with Crippen LogP contribution in [0.15, 0.2) is 16.9 Å². The highest BCUT2D eigenvalue weighted by Crippen LogP contribution is 2.28. The fraction of sp³-hybridized carbons (Fsp3) is 0.250. The third-order valence-electron chi connectivity index (χ3n) is 3.95. The third kappa shape index (κ3) is 1.58. The molecule has 4 nitrogen and oxygen atoms in total. The summed E-state index contributed by atoms with van der Waals surface area (Å²) in [6, 6.07) is 3.50. The van der Waals surface area contributed by atoms with Gasteiger partial charge in [-0.2, -0.15) is 0 Å². The molecule has 4 heteroatoms. The first-order chi connectivity index (χ1) is 9.58. The maximum absolute atomic E-state index is 12.3. The van der Waals surface area contributed by atoms with Crippen molar-refractivity contribution >= 4 is 13.2 Å². The van der Waals surface area contributed by atoms with Crippen LogP contribution < -0.4 is 16.1 Å². The number of nitrogens with zero attached hydrogens (tertiary/aromatic N) is 2. The third-order valence-corrected chi connectivity index (χ3v) is 3.95. The lowest BCUT2D eigenvalue weighted by Crippen LogP contribution is -2.30. The summed E-state index contributed by atoms with van der Waals surface area (Å²) in [5.74, 6) is 0. The number of pyridine rings is 2. The van der Waals surface area contributed by atoms with E-state index in [-0.39, 0.29) is 12.2 Å². The van der Waals surface area contributed by atoms with Gasteiger partial charge in [-0.05, 0) is 29.3 Å². The van der Waals surface area contributed by atoms with E-state index in [0.29, 0.717) is 17.5 Å². The summed E-state index contributed by atoms with van der Waals surface area (Å²) >= 11 is 0. The number of aliphatic hydroxyl groups excluding tert-OH is 1. The zero-order valence-electron chi connectivity index (χ0n) is 11.4. The van der Waals surface area contributed by atoms with E-state index in [1.165, 1.54) is 0 Å². The molecule has 2 aromatic rings. The predicted molar refractivity (Wildman–Crippen MR) is 78.6 cm³/mol. The van der Waals surface area contributed by atoms with E-state index >= 15 is 0 Å². The molecule has 0 saturated carbocycles. The van der Waals surface area contributed by atoms with E-state index in [4.69, 9.17) is 0 Å². The molecule has 0 fully saturated rings. The first-order valence-electron chi connectivity index (χ1n) is 6.62. The van der Waals surface area contributed by atoms with E-state index in [2.05, 4.69) is 25.1 Å². The van der Waals surface area contributed by atoms with Gasteiger partial charge in [0, 0.05) is 11.1 Å². The quantitative estimate of drug-likeness (QED) is 0.719. The highest BCUT2D eigenvalue weighted by Gasteiger charge is 2.24. The molecule has 0 unspecified atom stereocenters. The first-order valence-corrected chi connectivity index (χ1v) is 6.62. The van der Waals surface area contributed by atoms with Crippen molar-refractivity contribution < 1.29 is 5.11 Å². The van der Waals surface area contributed by atoms with E-state index in [1.807, 2.05) is 6.07 Å². The van der Waals surface area contributed by atoms with Crippen LogP contribution in [0, 0.1) is 0 Å². The molecule has 0 bridgehead atoms. The van der Waals surface area contributed by atoms with Gasteiger partial charge in [0.2, 0.25) is 0 Å². The molecule has 0 spiro atoms. The topological polar surface area (TPSA) is 55.1 Å². The first kappa shape index (κ1) is 12.8. The molecule has 0 aromatic carbocycles. The lowest BCUT2D eigenvalue weighted by atomic mass is 10.0. The molecular weight excluding hydrogens is 252 g/mol.